The molecular formula is C22H13F3N2O4S. The van der Waals surface area contributed by atoms with Gasteiger partial charge in [-0.15, -0.1) is 0 Å². The number of carbonyl (C=O) groups is 3. The molecule has 0 saturated carbocycles. The number of alkyl halides is 3. The van der Waals surface area contributed by atoms with Crippen molar-refractivity contribution in [3.63, 3.8) is 0 Å². The fraction of sp³-hybridized carbons (Fsp3) is 0.0455. The van der Waals surface area contributed by atoms with Crippen molar-refractivity contribution in [2.45, 2.75) is 6.18 Å². The number of benzene rings is 2. The van der Waals surface area contributed by atoms with Crippen LogP contribution in [0.1, 0.15) is 21.7 Å². The van der Waals surface area contributed by atoms with Gasteiger partial charge in [-0.3, -0.25) is 19.7 Å². The number of carbonyl (C=O) groups excluding carboxylic acids is 3. The second-order valence-electron chi connectivity index (χ2n) is 6.67. The van der Waals surface area contributed by atoms with E-state index in [0.29, 0.717) is 11.3 Å². The van der Waals surface area contributed by atoms with E-state index in [-0.39, 0.29) is 22.0 Å². The zero-order valence-electron chi connectivity index (χ0n) is 16.0. The summed E-state index contributed by atoms with van der Waals surface area (Å²) in [7, 11) is 0. The molecule has 2 aromatic carbocycles. The number of amides is 3. The summed E-state index contributed by atoms with van der Waals surface area (Å²) < 4.78 is 44.1. The molecule has 2 heterocycles. The Kier molecular flexibility index (Phi) is 5.62. The molecule has 0 spiro atoms. The van der Waals surface area contributed by atoms with E-state index < -0.39 is 28.8 Å². The quantitative estimate of drug-likeness (QED) is 0.501. The summed E-state index contributed by atoms with van der Waals surface area (Å²) in [4.78, 5) is 35.5. The average molecular weight is 458 g/mol. The van der Waals surface area contributed by atoms with Crippen molar-refractivity contribution in [1.29, 1.82) is 0 Å². The summed E-state index contributed by atoms with van der Waals surface area (Å²) in [6.45, 7) is 0. The molecule has 3 amide bonds. The minimum atomic E-state index is -4.49. The topological polar surface area (TPSA) is 88.4 Å². The lowest BCUT2D eigenvalue weighted by Gasteiger charge is -2.07. The number of imide groups is 1. The summed E-state index contributed by atoms with van der Waals surface area (Å²) >= 11 is 0.800. The van der Waals surface area contributed by atoms with Crippen LogP contribution in [0.4, 0.5) is 23.7 Å². The highest BCUT2D eigenvalue weighted by molar-refractivity contribution is 8.18. The van der Waals surface area contributed by atoms with Crippen molar-refractivity contribution in [3.8, 4) is 11.3 Å². The molecule has 3 aromatic rings. The molecule has 0 unspecified atom stereocenters. The summed E-state index contributed by atoms with van der Waals surface area (Å²) in [5.41, 5.74) is 0.475. The van der Waals surface area contributed by atoms with Crippen LogP contribution in [0, 0.1) is 0 Å². The molecule has 4 rings (SSSR count). The Balaban J connectivity index is 1.45. The smallest absolute Gasteiger partial charge is 0.416 e. The highest BCUT2D eigenvalue weighted by Crippen LogP contribution is 2.33. The van der Waals surface area contributed by atoms with Crippen molar-refractivity contribution in [2.75, 3.05) is 5.32 Å². The van der Waals surface area contributed by atoms with E-state index in [1.165, 1.54) is 24.3 Å². The average Bonchev–Trinajstić information content (AvgIpc) is 3.36. The molecule has 6 nitrogen and oxygen atoms in total. The molecule has 1 aliphatic rings. The van der Waals surface area contributed by atoms with Gasteiger partial charge in [0.2, 0.25) is 0 Å². The lowest BCUT2D eigenvalue weighted by molar-refractivity contribution is -0.137. The number of nitrogens with one attached hydrogen (secondary N) is 2. The van der Waals surface area contributed by atoms with Gasteiger partial charge in [0.15, 0.2) is 5.76 Å². The fourth-order valence-corrected chi connectivity index (χ4v) is 3.57. The van der Waals surface area contributed by atoms with Crippen LogP contribution in [-0.4, -0.2) is 17.1 Å². The third kappa shape index (κ3) is 4.75. The Labute approximate surface area is 183 Å². The first kappa shape index (κ1) is 21.4. The first-order valence-electron chi connectivity index (χ1n) is 9.13. The van der Waals surface area contributed by atoms with E-state index in [1.54, 1.807) is 30.3 Å². The van der Waals surface area contributed by atoms with Gasteiger partial charge in [-0.05, 0) is 59.8 Å². The number of anilines is 1. The predicted molar refractivity (Wildman–Crippen MR) is 113 cm³/mol. The highest BCUT2D eigenvalue weighted by atomic mass is 32.2. The molecule has 2 N–H and O–H groups in total. The van der Waals surface area contributed by atoms with Crippen LogP contribution < -0.4 is 10.6 Å². The van der Waals surface area contributed by atoms with Gasteiger partial charge >= 0.3 is 6.18 Å². The van der Waals surface area contributed by atoms with Crippen LogP contribution in [0.2, 0.25) is 0 Å². The van der Waals surface area contributed by atoms with Crippen LogP contribution in [0.3, 0.4) is 0 Å². The third-order valence-corrected chi connectivity index (χ3v) is 5.22. The first-order chi connectivity index (χ1) is 15.2. The van der Waals surface area contributed by atoms with E-state index in [1.807, 2.05) is 0 Å². The Morgan fingerprint density at radius 1 is 1.03 bits per heavy atom. The van der Waals surface area contributed by atoms with Crippen LogP contribution in [0.5, 0.6) is 0 Å². The summed E-state index contributed by atoms with van der Waals surface area (Å²) in [5.74, 6) is -0.983. The van der Waals surface area contributed by atoms with Gasteiger partial charge in [0.05, 0.1) is 10.5 Å². The van der Waals surface area contributed by atoms with Crippen LogP contribution in [0.25, 0.3) is 17.4 Å². The second-order valence-corrected chi connectivity index (χ2v) is 7.69. The minimum Gasteiger partial charge on any atom is -0.451 e. The Bertz CT molecular complexity index is 1250. The Hall–Kier alpha value is -3.79. The van der Waals surface area contributed by atoms with Crippen LogP contribution >= 0.6 is 11.8 Å². The highest BCUT2D eigenvalue weighted by Gasteiger charge is 2.30. The fourth-order valence-electron chi connectivity index (χ4n) is 2.89. The molecule has 1 aliphatic heterocycles. The van der Waals surface area contributed by atoms with Gasteiger partial charge in [0.1, 0.15) is 5.76 Å². The van der Waals surface area contributed by atoms with E-state index in [9.17, 15) is 27.6 Å². The molecular weight excluding hydrogens is 445 g/mol. The normalized spacial score (nSPS) is 15.2. The molecule has 0 radical (unpaired) electrons. The SMILES string of the molecule is O=C1NC(=O)C(=Cc2ccc(NC(=O)c3ccc(-c4cccc(C(F)(F)F)c4)o3)cc2)S1. The minimum absolute atomic E-state index is 0.0684. The monoisotopic (exact) mass is 458 g/mol. The number of hydrogen-bond acceptors (Lipinski definition) is 5. The lowest BCUT2D eigenvalue weighted by atomic mass is 10.1. The van der Waals surface area contributed by atoms with E-state index in [2.05, 4.69) is 10.6 Å². The number of hydrogen-bond donors (Lipinski definition) is 2. The molecule has 0 bridgehead atoms. The molecule has 1 fully saturated rings. The number of thioether (sulfide) groups is 1. The summed E-state index contributed by atoms with van der Waals surface area (Å²) in [6, 6.07) is 13.9. The zero-order valence-corrected chi connectivity index (χ0v) is 16.8. The predicted octanol–water partition coefficient (Wildman–Crippen LogP) is 5.54. The van der Waals surface area contributed by atoms with Crippen molar-refractivity contribution < 1.29 is 32.0 Å². The summed E-state index contributed by atoms with van der Waals surface area (Å²) in [5, 5.41) is 4.35. The zero-order chi connectivity index (χ0) is 22.9. The number of rotatable bonds is 4. The number of furan rings is 1. The first-order valence-corrected chi connectivity index (χ1v) is 9.94. The van der Waals surface area contributed by atoms with Gasteiger partial charge < -0.3 is 9.73 Å². The molecule has 1 aromatic heterocycles. The maximum absolute atomic E-state index is 12.9. The number of halogens is 3. The Morgan fingerprint density at radius 3 is 2.44 bits per heavy atom. The second kappa shape index (κ2) is 8.39. The van der Waals surface area contributed by atoms with Gasteiger partial charge in [0, 0.05) is 11.3 Å². The standard InChI is InChI=1S/C22H13F3N2O4S/c23-22(24,25)14-3-1-2-13(11-14)16-8-9-17(31-16)19(28)26-15-6-4-12(5-7-15)10-18-20(29)27-21(30)32-18/h1-11H,(H,26,28)(H,27,29,30). The largest absolute Gasteiger partial charge is 0.451 e. The third-order valence-electron chi connectivity index (χ3n) is 4.41. The van der Waals surface area contributed by atoms with E-state index in [4.69, 9.17) is 4.42 Å². The molecule has 32 heavy (non-hydrogen) atoms. The van der Waals surface area contributed by atoms with Gasteiger partial charge in [-0.2, -0.15) is 13.2 Å². The summed E-state index contributed by atoms with van der Waals surface area (Å²) in [6.07, 6.45) is -2.94. The van der Waals surface area contributed by atoms with Crippen LogP contribution in [-0.2, 0) is 11.0 Å². The van der Waals surface area contributed by atoms with Crippen molar-refractivity contribution in [2.24, 2.45) is 0 Å². The molecule has 0 aliphatic carbocycles. The van der Waals surface area contributed by atoms with Gasteiger partial charge in [-0.1, -0.05) is 24.3 Å². The van der Waals surface area contributed by atoms with Crippen molar-refractivity contribution >= 4 is 40.6 Å². The van der Waals surface area contributed by atoms with Crippen LogP contribution in [0.15, 0.2) is 70.0 Å². The molecule has 10 heteroatoms. The Morgan fingerprint density at radius 2 is 1.78 bits per heavy atom. The van der Waals surface area contributed by atoms with Crippen molar-refractivity contribution in [3.05, 3.63) is 82.5 Å². The maximum Gasteiger partial charge on any atom is 0.416 e. The lowest BCUT2D eigenvalue weighted by Crippen LogP contribution is -2.17. The molecule has 0 atom stereocenters. The maximum atomic E-state index is 12.9. The molecule has 1 saturated heterocycles. The van der Waals surface area contributed by atoms with Crippen molar-refractivity contribution in [1.82, 2.24) is 5.32 Å². The van der Waals surface area contributed by atoms with E-state index in [0.717, 1.165) is 23.9 Å². The molecule has 162 valence electrons. The van der Waals surface area contributed by atoms with Gasteiger partial charge in [-0.25, -0.2) is 0 Å². The van der Waals surface area contributed by atoms with E-state index >= 15 is 0 Å². The van der Waals surface area contributed by atoms with Gasteiger partial charge in [0.25, 0.3) is 17.1 Å².